The van der Waals surface area contributed by atoms with Crippen molar-refractivity contribution < 1.29 is 29.0 Å². The van der Waals surface area contributed by atoms with Gasteiger partial charge in [0.1, 0.15) is 5.60 Å². The molecule has 0 atom stereocenters. The summed E-state index contributed by atoms with van der Waals surface area (Å²) in [5, 5.41) is 0. The summed E-state index contributed by atoms with van der Waals surface area (Å²) in [4.78, 5) is 13.3. The number of likely N-dealkylation sites (tertiary alicyclic amines) is 1. The number of hydrogen-bond donors (Lipinski definition) is 0. The second-order valence-electron chi connectivity index (χ2n) is 4.33. The van der Waals surface area contributed by atoms with Gasteiger partial charge in [0.05, 0.1) is 0 Å². The average Bonchev–Trinajstić information content (AvgIpc) is 2.03. The summed E-state index contributed by atoms with van der Waals surface area (Å²) in [6, 6.07) is 0. The number of ether oxygens (including phenoxy) is 1. The molecule has 0 spiro atoms. The van der Waals surface area contributed by atoms with E-state index in [0.717, 1.165) is 25.9 Å². The van der Waals surface area contributed by atoms with Crippen molar-refractivity contribution in [3.63, 3.8) is 0 Å². The maximum atomic E-state index is 11.5. The number of amides is 1. The summed E-state index contributed by atoms with van der Waals surface area (Å²) in [6.45, 7) is 7.27. The molecule has 0 N–H and O–H groups in total. The maximum absolute atomic E-state index is 11.5. The summed E-state index contributed by atoms with van der Waals surface area (Å²) >= 11 is 0. The first-order valence-electron chi connectivity index (χ1n) is 4.78. The van der Waals surface area contributed by atoms with Crippen LogP contribution in [0.15, 0.2) is 0 Å². The zero-order valence-corrected chi connectivity index (χ0v) is 12.3. The molecule has 0 aliphatic carbocycles. The largest absolute Gasteiger partial charge is 0.444 e. The molecule has 0 aromatic heterocycles. The fourth-order valence-corrected chi connectivity index (χ4v) is 1.26. The Balaban J connectivity index is 0.00000169. The molecule has 1 heterocycles. The molecule has 1 aliphatic heterocycles. The van der Waals surface area contributed by atoms with Gasteiger partial charge in [-0.25, -0.2) is 4.79 Å². The van der Waals surface area contributed by atoms with Crippen LogP contribution in [-0.2, 0) is 24.2 Å². The summed E-state index contributed by atoms with van der Waals surface area (Å²) in [5.74, 6) is 0. The number of carbonyl (C=O) groups excluding carboxylic acids is 1. The Hall–Kier alpha value is -0.107. The van der Waals surface area contributed by atoms with Gasteiger partial charge in [0.15, 0.2) is 0 Å². The molecule has 0 aromatic rings. The predicted octanol–water partition coefficient (Wildman–Crippen LogP) is 2.22. The molecule has 1 fully saturated rings. The number of rotatable bonds is 0. The smallest absolute Gasteiger partial charge is 0.410 e. The van der Waals surface area contributed by atoms with Crippen LogP contribution >= 0.6 is 0 Å². The third-order valence-corrected chi connectivity index (χ3v) is 1.86. The van der Waals surface area contributed by atoms with Crippen LogP contribution in [0.4, 0.5) is 4.79 Å². The number of nitrogens with zero attached hydrogens (tertiary/aromatic N) is 1. The number of hydrogen-bond acceptors (Lipinski definition) is 2. The molecular formula is C10H18NO2Zn-. The molecule has 0 unspecified atom stereocenters. The quantitative estimate of drug-likeness (QED) is 0.487. The van der Waals surface area contributed by atoms with E-state index in [-0.39, 0.29) is 31.2 Å². The Labute approximate surface area is 98.9 Å². The zero-order chi connectivity index (χ0) is 9.90. The minimum atomic E-state index is -0.377. The molecule has 1 saturated heterocycles. The van der Waals surface area contributed by atoms with Gasteiger partial charge in [0.2, 0.25) is 0 Å². The summed E-state index contributed by atoms with van der Waals surface area (Å²) in [6.07, 6.45) is 4.00. The molecule has 14 heavy (non-hydrogen) atoms. The zero-order valence-electron chi connectivity index (χ0n) is 9.38. The van der Waals surface area contributed by atoms with Gasteiger partial charge in [0.25, 0.3) is 0 Å². The molecule has 3 nitrogen and oxygen atoms in total. The molecule has 0 bridgehead atoms. The Bertz CT molecular complexity index is 183. The van der Waals surface area contributed by atoms with E-state index in [1.807, 2.05) is 20.8 Å². The second kappa shape index (κ2) is 5.70. The monoisotopic (exact) mass is 248 g/mol. The van der Waals surface area contributed by atoms with Gasteiger partial charge >= 0.3 is 6.09 Å². The van der Waals surface area contributed by atoms with Gasteiger partial charge in [-0.15, -0.1) is 0 Å². The Kier molecular flexibility index (Phi) is 5.65. The van der Waals surface area contributed by atoms with E-state index in [2.05, 4.69) is 6.42 Å². The molecule has 78 valence electrons. The van der Waals surface area contributed by atoms with E-state index in [4.69, 9.17) is 4.74 Å². The van der Waals surface area contributed by atoms with Crippen LogP contribution in [0.1, 0.15) is 33.6 Å². The van der Waals surface area contributed by atoms with Crippen molar-refractivity contribution in [2.45, 2.75) is 39.2 Å². The van der Waals surface area contributed by atoms with Crippen LogP contribution in [0.3, 0.4) is 0 Å². The van der Waals surface area contributed by atoms with Gasteiger partial charge in [-0.2, -0.15) is 12.8 Å². The van der Waals surface area contributed by atoms with E-state index < -0.39 is 0 Å². The van der Waals surface area contributed by atoms with Gasteiger partial charge in [-0.1, -0.05) is 0 Å². The molecule has 4 heteroatoms. The van der Waals surface area contributed by atoms with E-state index in [9.17, 15) is 4.79 Å². The predicted molar refractivity (Wildman–Crippen MR) is 51.3 cm³/mol. The van der Waals surface area contributed by atoms with E-state index in [1.165, 1.54) is 0 Å². The van der Waals surface area contributed by atoms with Gasteiger partial charge in [0, 0.05) is 19.5 Å². The molecule has 0 radical (unpaired) electrons. The third-order valence-electron chi connectivity index (χ3n) is 1.86. The topological polar surface area (TPSA) is 29.5 Å². The summed E-state index contributed by atoms with van der Waals surface area (Å²) in [5.41, 5.74) is -0.377. The molecule has 0 saturated carbocycles. The molecule has 1 rings (SSSR count). The van der Waals surface area contributed by atoms with Crippen LogP contribution in [0, 0.1) is 6.42 Å². The van der Waals surface area contributed by atoms with Crippen molar-refractivity contribution in [1.29, 1.82) is 0 Å². The van der Waals surface area contributed by atoms with Gasteiger partial charge in [-0.05, 0) is 33.9 Å². The molecular weight excluding hydrogens is 232 g/mol. The first-order valence-corrected chi connectivity index (χ1v) is 4.78. The molecule has 0 aromatic carbocycles. The van der Waals surface area contributed by atoms with E-state index in [1.54, 1.807) is 4.90 Å². The van der Waals surface area contributed by atoms with Crippen molar-refractivity contribution in [1.82, 2.24) is 4.90 Å². The van der Waals surface area contributed by atoms with Crippen LogP contribution < -0.4 is 0 Å². The standard InChI is InChI=1S/C10H18NO2.Zn/c1-10(2,3)13-9(12)11-7-5-4-6-8-11;/h4H,5-8H2,1-3H3;/q-1;. The normalized spacial score (nSPS) is 17.2. The van der Waals surface area contributed by atoms with Gasteiger partial charge < -0.3 is 16.1 Å². The Morgan fingerprint density at radius 3 is 2.21 bits per heavy atom. The SMILES string of the molecule is CC(C)(C)OC(=O)N1CC[CH-]CC1.[Zn]. The minimum absolute atomic E-state index is 0. The van der Waals surface area contributed by atoms with Crippen LogP contribution in [0.5, 0.6) is 0 Å². The summed E-state index contributed by atoms with van der Waals surface area (Å²) in [7, 11) is 0. The van der Waals surface area contributed by atoms with Crippen molar-refractivity contribution in [3.05, 3.63) is 6.42 Å². The Morgan fingerprint density at radius 2 is 1.79 bits per heavy atom. The Morgan fingerprint density at radius 1 is 1.29 bits per heavy atom. The van der Waals surface area contributed by atoms with Crippen molar-refractivity contribution in [2.24, 2.45) is 0 Å². The first kappa shape index (κ1) is 13.9. The second-order valence-corrected chi connectivity index (χ2v) is 4.33. The van der Waals surface area contributed by atoms with Crippen LogP contribution in [-0.4, -0.2) is 29.7 Å². The maximum Gasteiger partial charge on any atom is 0.410 e. The number of piperidine rings is 1. The third kappa shape index (κ3) is 4.95. The van der Waals surface area contributed by atoms with E-state index >= 15 is 0 Å². The van der Waals surface area contributed by atoms with Crippen LogP contribution in [0.25, 0.3) is 0 Å². The summed E-state index contributed by atoms with van der Waals surface area (Å²) < 4.78 is 5.25. The molecule has 1 aliphatic rings. The molecule has 1 amide bonds. The minimum Gasteiger partial charge on any atom is -0.444 e. The first-order chi connectivity index (χ1) is 5.99. The van der Waals surface area contributed by atoms with Crippen molar-refractivity contribution in [3.8, 4) is 0 Å². The van der Waals surface area contributed by atoms with Crippen LogP contribution in [0.2, 0.25) is 0 Å². The van der Waals surface area contributed by atoms with E-state index in [0.29, 0.717) is 0 Å². The van der Waals surface area contributed by atoms with Gasteiger partial charge in [-0.3, -0.25) is 0 Å². The number of carbonyl (C=O) groups is 1. The average molecular weight is 250 g/mol. The fraction of sp³-hybridized carbons (Fsp3) is 0.800. The fourth-order valence-electron chi connectivity index (χ4n) is 1.26. The van der Waals surface area contributed by atoms with Crippen molar-refractivity contribution >= 4 is 6.09 Å². The van der Waals surface area contributed by atoms with Crippen molar-refractivity contribution in [2.75, 3.05) is 13.1 Å².